The van der Waals surface area contributed by atoms with Crippen LogP contribution in [-0.4, -0.2) is 18.8 Å². The summed E-state index contributed by atoms with van der Waals surface area (Å²) in [6, 6.07) is 8.21. The quantitative estimate of drug-likeness (QED) is 0.879. The second-order valence-corrected chi connectivity index (χ2v) is 4.79. The average Bonchev–Trinajstić information content (AvgIpc) is 2.57. The van der Waals surface area contributed by atoms with Crippen molar-refractivity contribution >= 4 is 15.9 Å². The van der Waals surface area contributed by atoms with Crippen molar-refractivity contribution in [2.45, 2.75) is 18.4 Å². The van der Waals surface area contributed by atoms with E-state index in [9.17, 15) is 0 Å². The lowest BCUT2D eigenvalue weighted by molar-refractivity contribution is 0.178. The Morgan fingerprint density at radius 1 is 1.43 bits per heavy atom. The predicted molar refractivity (Wildman–Crippen MR) is 60.2 cm³/mol. The molecule has 0 aliphatic carbocycles. The van der Waals surface area contributed by atoms with Crippen LogP contribution in [0.3, 0.4) is 0 Å². The van der Waals surface area contributed by atoms with Gasteiger partial charge >= 0.3 is 0 Å². The Morgan fingerprint density at radius 3 is 2.86 bits per heavy atom. The van der Waals surface area contributed by atoms with Gasteiger partial charge in [-0.1, -0.05) is 34.1 Å². The van der Waals surface area contributed by atoms with Gasteiger partial charge in [-0.3, -0.25) is 0 Å². The fraction of sp³-hybridized carbons (Fsp3) is 0.455. The first-order valence-corrected chi connectivity index (χ1v) is 5.59. The summed E-state index contributed by atoms with van der Waals surface area (Å²) in [5.41, 5.74) is 7.32. The third kappa shape index (κ3) is 2.16. The number of hydrogen-bond donors (Lipinski definition) is 1. The molecule has 1 aromatic carbocycles. The lowest BCUT2D eigenvalue weighted by Crippen LogP contribution is -2.42. The van der Waals surface area contributed by atoms with Crippen LogP contribution in [0, 0.1) is 0 Å². The summed E-state index contributed by atoms with van der Waals surface area (Å²) >= 11 is 3.53. The summed E-state index contributed by atoms with van der Waals surface area (Å²) in [7, 11) is 0. The lowest BCUT2D eigenvalue weighted by atomic mass is 9.91. The fourth-order valence-corrected chi connectivity index (χ4v) is 2.21. The summed E-state index contributed by atoms with van der Waals surface area (Å²) in [6.45, 7) is 1.47. The monoisotopic (exact) mass is 255 g/mol. The zero-order chi connectivity index (χ0) is 10.0. The number of rotatable bonds is 2. The molecule has 1 unspecified atom stereocenters. The largest absolute Gasteiger partial charge is 0.379 e. The van der Waals surface area contributed by atoms with Crippen molar-refractivity contribution in [2.75, 3.05) is 13.2 Å². The van der Waals surface area contributed by atoms with Crippen LogP contribution in [0.4, 0.5) is 0 Å². The zero-order valence-electron chi connectivity index (χ0n) is 8.00. The van der Waals surface area contributed by atoms with Gasteiger partial charge in [-0.25, -0.2) is 0 Å². The lowest BCUT2D eigenvalue weighted by Gasteiger charge is -2.22. The Hall–Kier alpha value is -0.380. The van der Waals surface area contributed by atoms with Crippen molar-refractivity contribution in [3.8, 4) is 0 Å². The molecule has 1 aliphatic heterocycles. The molecule has 3 heteroatoms. The molecule has 76 valence electrons. The summed E-state index contributed by atoms with van der Waals surface area (Å²) in [5.74, 6) is 0. The van der Waals surface area contributed by atoms with Crippen LogP contribution in [0.15, 0.2) is 28.7 Å². The van der Waals surface area contributed by atoms with E-state index in [1.54, 1.807) is 0 Å². The molecule has 2 rings (SSSR count). The number of hydrogen-bond acceptors (Lipinski definition) is 2. The predicted octanol–water partition coefficient (Wildman–Crippen LogP) is 2.11. The van der Waals surface area contributed by atoms with E-state index in [-0.39, 0.29) is 5.54 Å². The van der Waals surface area contributed by atoms with Crippen LogP contribution < -0.4 is 5.73 Å². The van der Waals surface area contributed by atoms with Gasteiger partial charge in [-0.15, -0.1) is 0 Å². The molecular weight excluding hydrogens is 242 g/mol. The number of nitrogens with two attached hydrogens (primary N) is 1. The van der Waals surface area contributed by atoms with Crippen LogP contribution in [0.5, 0.6) is 0 Å². The Bertz CT molecular complexity index is 321. The molecular formula is C11H14BrNO. The third-order valence-electron chi connectivity index (χ3n) is 2.63. The van der Waals surface area contributed by atoms with Crippen molar-refractivity contribution in [2.24, 2.45) is 5.73 Å². The molecule has 14 heavy (non-hydrogen) atoms. The van der Waals surface area contributed by atoms with Crippen LogP contribution in [0.25, 0.3) is 0 Å². The molecule has 1 aliphatic rings. The summed E-state index contributed by atoms with van der Waals surface area (Å²) in [6.07, 6.45) is 1.84. The van der Waals surface area contributed by atoms with Gasteiger partial charge in [0, 0.05) is 16.6 Å². The Balaban J connectivity index is 2.14. The minimum Gasteiger partial charge on any atom is -0.379 e. The van der Waals surface area contributed by atoms with Gasteiger partial charge in [0.15, 0.2) is 0 Å². The fourth-order valence-electron chi connectivity index (χ4n) is 1.78. The molecule has 0 spiro atoms. The van der Waals surface area contributed by atoms with E-state index in [4.69, 9.17) is 10.5 Å². The maximum Gasteiger partial charge on any atom is 0.0650 e. The SMILES string of the molecule is NC1(Cc2ccccc2Br)CCOC1. The second-order valence-electron chi connectivity index (χ2n) is 3.93. The Kier molecular flexibility index (Phi) is 2.91. The molecule has 1 atom stereocenters. The highest BCUT2D eigenvalue weighted by Crippen LogP contribution is 2.25. The van der Waals surface area contributed by atoms with Gasteiger partial charge in [0.2, 0.25) is 0 Å². The highest BCUT2D eigenvalue weighted by atomic mass is 79.9. The number of benzene rings is 1. The van der Waals surface area contributed by atoms with Gasteiger partial charge in [0.05, 0.1) is 6.61 Å². The molecule has 1 heterocycles. The zero-order valence-corrected chi connectivity index (χ0v) is 9.59. The number of ether oxygens (including phenoxy) is 1. The van der Waals surface area contributed by atoms with E-state index in [0.717, 1.165) is 23.9 Å². The second kappa shape index (κ2) is 4.01. The maximum atomic E-state index is 6.21. The molecule has 0 aromatic heterocycles. The standard InChI is InChI=1S/C11H14BrNO/c12-10-4-2-1-3-9(10)7-11(13)5-6-14-8-11/h1-4H,5-8,13H2. The van der Waals surface area contributed by atoms with E-state index in [2.05, 4.69) is 28.1 Å². The maximum absolute atomic E-state index is 6.21. The molecule has 1 saturated heterocycles. The molecule has 0 radical (unpaired) electrons. The van der Waals surface area contributed by atoms with E-state index in [1.165, 1.54) is 5.56 Å². The minimum atomic E-state index is -0.163. The molecule has 0 saturated carbocycles. The third-order valence-corrected chi connectivity index (χ3v) is 3.41. The smallest absolute Gasteiger partial charge is 0.0650 e. The first-order chi connectivity index (χ1) is 6.70. The van der Waals surface area contributed by atoms with Crippen LogP contribution in [0.2, 0.25) is 0 Å². The van der Waals surface area contributed by atoms with Crippen molar-refractivity contribution in [1.29, 1.82) is 0 Å². The van der Waals surface area contributed by atoms with Gasteiger partial charge in [-0.2, -0.15) is 0 Å². The first-order valence-electron chi connectivity index (χ1n) is 4.80. The van der Waals surface area contributed by atoms with E-state index in [1.807, 2.05) is 12.1 Å². The molecule has 1 fully saturated rings. The van der Waals surface area contributed by atoms with Crippen molar-refractivity contribution < 1.29 is 4.74 Å². The average molecular weight is 256 g/mol. The van der Waals surface area contributed by atoms with Gasteiger partial charge in [0.1, 0.15) is 0 Å². The molecule has 0 bridgehead atoms. The topological polar surface area (TPSA) is 35.2 Å². The van der Waals surface area contributed by atoms with Crippen LogP contribution in [-0.2, 0) is 11.2 Å². The van der Waals surface area contributed by atoms with Crippen molar-refractivity contribution in [3.05, 3.63) is 34.3 Å². The Morgan fingerprint density at radius 2 is 2.21 bits per heavy atom. The summed E-state index contributed by atoms with van der Waals surface area (Å²) in [4.78, 5) is 0. The first kappa shape index (κ1) is 10.1. The highest BCUT2D eigenvalue weighted by molar-refractivity contribution is 9.10. The minimum absolute atomic E-state index is 0.163. The normalized spacial score (nSPS) is 26.7. The van der Waals surface area contributed by atoms with Gasteiger partial charge in [0.25, 0.3) is 0 Å². The molecule has 0 amide bonds. The van der Waals surface area contributed by atoms with E-state index in [0.29, 0.717) is 6.61 Å². The summed E-state index contributed by atoms with van der Waals surface area (Å²) < 4.78 is 6.47. The van der Waals surface area contributed by atoms with Crippen molar-refractivity contribution in [3.63, 3.8) is 0 Å². The van der Waals surface area contributed by atoms with Crippen LogP contribution in [0.1, 0.15) is 12.0 Å². The molecule has 2 nitrogen and oxygen atoms in total. The van der Waals surface area contributed by atoms with E-state index < -0.39 is 0 Å². The van der Waals surface area contributed by atoms with E-state index >= 15 is 0 Å². The van der Waals surface area contributed by atoms with Crippen molar-refractivity contribution in [1.82, 2.24) is 0 Å². The summed E-state index contributed by atoms with van der Waals surface area (Å²) in [5, 5.41) is 0. The molecule has 1 aromatic rings. The molecule has 2 N–H and O–H groups in total. The Labute approximate surface area is 92.6 Å². The highest BCUT2D eigenvalue weighted by Gasteiger charge is 2.30. The van der Waals surface area contributed by atoms with Crippen LogP contribution >= 0.6 is 15.9 Å². The van der Waals surface area contributed by atoms with Gasteiger partial charge in [-0.05, 0) is 24.5 Å². The van der Waals surface area contributed by atoms with Gasteiger partial charge < -0.3 is 10.5 Å². The number of halogens is 1.